The Bertz CT molecular complexity index is 529. The Balaban J connectivity index is 1.55. The first kappa shape index (κ1) is 12.6. The summed E-state index contributed by atoms with van der Waals surface area (Å²) in [5, 5.41) is 11.7. The minimum absolute atomic E-state index is 0.406. The first-order valence-electron chi connectivity index (χ1n) is 5.93. The van der Waals surface area contributed by atoms with Crippen LogP contribution in [0.1, 0.15) is 5.76 Å². The third-order valence-electron chi connectivity index (χ3n) is 2.81. The number of imide groups is 1. The summed E-state index contributed by atoms with van der Waals surface area (Å²) in [5.41, 5.74) is 8.37. The van der Waals surface area contributed by atoms with Crippen molar-refractivity contribution in [2.45, 2.75) is 18.5 Å². The molecular formula is C10H13N7O3. The van der Waals surface area contributed by atoms with Crippen molar-refractivity contribution in [3.63, 3.8) is 0 Å². The van der Waals surface area contributed by atoms with E-state index >= 15 is 0 Å². The molecule has 2 aliphatic rings. The molecule has 106 valence electrons. The lowest BCUT2D eigenvalue weighted by atomic mass is 10.1. The molecule has 0 saturated carbocycles. The molecule has 2 saturated heterocycles. The fraction of sp³-hybridized carbons (Fsp3) is 0.300. The summed E-state index contributed by atoms with van der Waals surface area (Å²) < 4.78 is 5.08. The van der Waals surface area contributed by atoms with E-state index in [-0.39, 0.29) is 0 Å². The number of carbonyl (C=O) groups excluding carboxylic acids is 2. The van der Waals surface area contributed by atoms with Crippen LogP contribution >= 0.6 is 0 Å². The van der Waals surface area contributed by atoms with Gasteiger partial charge < -0.3 is 9.73 Å². The molecule has 3 heterocycles. The van der Waals surface area contributed by atoms with Crippen LogP contribution in [0.2, 0.25) is 0 Å². The van der Waals surface area contributed by atoms with E-state index in [0.29, 0.717) is 5.76 Å². The SMILES string of the molecule is O=C1NC(=O)C2NNC(N/N=C\c3ccco3)NC2N1. The number of furan rings is 1. The Kier molecular flexibility index (Phi) is 3.33. The summed E-state index contributed by atoms with van der Waals surface area (Å²) in [7, 11) is 0. The summed E-state index contributed by atoms with van der Waals surface area (Å²) >= 11 is 0. The summed E-state index contributed by atoms with van der Waals surface area (Å²) in [4.78, 5) is 22.7. The molecule has 1 aromatic rings. The van der Waals surface area contributed by atoms with Crippen molar-refractivity contribution in [1.82, 2.24) is 32.2 Å². The molecule has 3 amide bonds. The fourth-order valence-corrected chi connectivity index (χ4v) is 1.89. The standard InChI is InChI=1S/C10H13N7O3/c18-8-6-7(13-10(19)14-8)12-9(17-15-6)16-11-4-5-2-1-3-20-5/h1-4,6-7,9,12,15-17H,(H2,13,14,18,19)/b11-4-. The lowest BCUT2D eigenvalue weighted by Gasteiger charge is -2.40. The van der Waals surface area contributed by atoms with Crippen LogP contribution in [0.25, 0.3) is 0 Å². The summed E-state index contributed by atoms with van der Waals surface area (Å²) in [6.07, 6.45) is 2.05. The Morgan fingerprint density at radius 2 is 2.25 bits per heavy atom. The molecular weight excluding hydrogens is 266 g/mol. The maximum Gasteiger partial charge on any atom is 0.322 e. The van der Waals surface area contributed by atoms with Gasteiger partial charge in [0.15, 0.2) is 6.29 Å². The maximum absolute atomic E-state index is 11.5. The molecule has 10 heteroatoms. The fourth-order valence-electron chi connectivity index (χ4n) is 1.89. The number of hydrazine groups is 1. The first-order valence-corrected chi connectivity index (χ1v) is 5.93. The quantitative estimate of drug-likeness (QED) is 0.271. The zero-order valence-corrected chi connectivity index (χ0v) is 10.2. The van der Waals surface area contributed by atoms with Gasteiger partial charge in [0.1, 0.15) is 18.0 Å². The topological polar surface area (TPSA) is 132 Å². The van der Waals surface area contributed by atoms with E-state index in [9.17, 15) is 9.59 Å². The number of nitrogens with one attached hydrogen (secondary N) is 6. The molecule has 0 aliphatic carbocycles. The van der Waals surface area contributed by atoms with E-state index in [1.807, 2.05) is 0 Å². The Morgan fingerprint density at radius 3 is 3.05 bits per heavy atom. The van der Waals surface area contributed by atoms with Gasteiger partial charge in [0.05, 0.1) is 12.5 Å². The van der Waals surface area contributed by atoms with Crippen LogP contribution in [0.15, 0.2) is 27.9 Å². The van der Waals surface area contributed by atoms with Crippen molar-refractivity contribution in [2.75, 3.05) is 0 Å². The number of fused-ring (bicyclic) bond motifs is 1. The van der Waals surface area contributed by atoms with Gasteiger partial charge in [-0.15, -0.1) is 0 Å². The molecule has 0 aromatic carbocycles. The van der Waals surface area contributed by atoms with E-state index < -0.39 is 30.4 Å². The van der Waals surface area contributed by atoms with Crippen LogP contribution in [0.5, 0.6) is 0 Å². The summed E-state index contributed by atoms with van der Waals surface area (Å²) in [6.45, 7) is 0. The minimum Gasteiger partial charge on any atom is -0.463 e. The van der Waals surface area contributed by atoms with Crippen molar-refractivity contribution >= 4 is 18.2 Å². The van der Waals surface area contributed by atoms with Gasteiger partial charge in [0.2, 0.25) is 5.91 Å². The number of hydrazone groups is 1. The molecule has 3 atom stereocenters. The van der Waals surface area contributed by atoms with Gasteiger partial charge in [-0.25, -0.2) is 15.6 Å². The number of carbonyl (C=O) groups is 2. The molecule has 0 bridgehead atoms. The maximum atomic E-state index is 11.5. The number of hydrogen-bond acceptors (Lipinski definition) is 8. The van der Waals surface area contributed by atoms with Crippen LogP contribution in [0.4, 0.5) is 4.79 Å². The van der Waals surface area contributed by atoms with E-state index in [1.165, 1.54) is 6.21 Å². The Hall–Kier alpha value is -2.43. The van der Waals surface area contributed by atoms with E-state index in [4.69, 9.17) is 4.42 Å². The first-order chi connectivity index (χ1) is 9.72. The van der Waals surface area contributed by atoms with Gasteiger partial charge in [-0.2, -0.15) is 5.10 Å². The van der Waals surface area contributed by atoms with Crippen LogP contribution < -0.4 is 32.2 Å². The van der Waals surface area contributed by atoms with Crippen molar-refractivity contribution in [1.29, 1.82) is 0 Å². The number of nitrogens with zero attached hydrogens (tertiary/aromatic N) is 1. The molecule has 20 heavy (non-hydrogen) atoms. The van der Waals surface area contributed by atoms with Crippen LogP contribution in [0.3, 0.4) is 0 Å². The van der Waals surface area contributed by atoms with Crippen LogP contribution in [-0.2, 0) is 4.79 Å². The zero-order chi connectivity index (χ0) is 13.9. The predicted molar refractivity (Wildman–Crippen MR) is 66.9 cm³/mol. The molecule has 3 unspecified atom stereocenters. The highest BCUT2D eigenvalue weighted by molar-refractivity contribution is 6.00. The lowest BCUT2D eigenvalue weighted by Crippen LogP contribution is -2.80. The van der Waals surface area contributed by atoms with Crippen molar-refractivity contribution < 1.29 is 14.0 Å². The number of urea groups is 1. The molecule has 10 nitrogen and oxygen atoms in total. The molecule has 0 spiro atoms. The highest BCUT2D eigenvalue weighted by Gasteiger charge is 2.39. The van der Waals surface area contributed by atoms with Gasteiger partial charge >= 0.3 is 6.03 Å². The Labute approximate surface area is 113 Å². The number of hydrogen-bond donors (Lipinski definition) is 6. The molecule has 6 N–H and O–H groups in total. The highest BCUT2D eigenvalue weighted by Crippen LogP contribution is 2.01. The van der Waals surface area contributed by atoms with Gasteiger partial charge in [-0.3, -0.25) is 20.9 Å². The van der Waals surface area contributed by atoms with E-state index in [0.717, 1.165) is 0 Å². The molecule has 1 aromatic heterocycles. The third-order valence-corrected chi connectivity index (χ3v) is 2.81. The lowest BCUT2D eigenvalue weighted by molar-refractivity contribution is -0.125. The number of amides is 3. The van der Waals surface area contributed by atoms with Crippen LogP contribution in [-0.4, -0.2) is 36.7 Å². The zero-order valence-electron chi connectivity index (χ0n) is 10.2. The molecule has 0 radical (unpaired) electrons. The van der Waals surface area contributed by atoms with Crippen molar-refractivity contribution in [2.24, 2.45) is 5.10 Å². The second-order valence-corrected chi connectivity index (χ2v) is 4.21. The van der Waals surface area contributed by atoms with Crippen molar-refractivity contribution in [3.05, 3.63) is 24.2 Å². The largest absolute Gasteiger partial charge is 0.463 e. The van der Waals surface area contributed by atoms with Gasteiger partial charge in [-0.05, 0) is 12.1 Å². The predicted octanol–water partition coefficient (Wildman–Crippen LogP) is -2.28. The van der Waals surface area contributed by atoms with Gasteiger partial charge in [0.25, 0.3) is 0 Å². The highest BCUT2D eigenvalue weighted by atomic mass is 16.3. The number of rotatable bonds is 3. The average Bonchev–Trinajstić information content (AvgIpc) is 2.91. The Morgan fingerprint density at radius 1 is 1.35 bits per heavy atom. The molecule has 3 rings (SSSR count). The minimum atomic E-state index is -0.597. The molecule has 2 fully saturated rings. The van der Waals surface area contributed by atoms with Gasteiger partial charge in [-0.1, -0.05) is 0 Å². The molecule has 2 aliphatic heterocycles. The van der Waals surface area contributed by atoms with E-state index in [2.05, 4.69) is 37.3 Å². The summed E-state index contributed by atoms with van der Waals surface area (Å²) in [5.74, 6) is 0.195. The van der Waals surface area contributed by atoms with E-state index in [1.54, 1.807) is 18.4 Å². The van der Waals surface area contributed by atoms with Crippen molar-refractivity contribution in [3.8, 4) is 0 Å². The average molecular weight is 279 g/mol. The van der Waals surface area contributed by atoms with Crippen LogP contribution in [0, 0.1) is 0 Å². The third kappa shape index (κ3) is 2.61. The van der Waals surface area contributed by atoms with Gasteiger partial charge in [0, 0.05) is 0 Å². The monoisotopic (exact) mass is 279 g/mol. The summed E-state index contributed by atoms with van der Waals surface area (Å²) in [6, 6.07) is 2.37. The second-order valence-electron chi connectivity index (χ2n) is 4.21. The normalized spacial score (nSPS) is 29.7. The smallest absolute Gasteiger partial charge is 0.322 e. The second kappa shape index (κ2) is 5.28.